The number of rotatable bonds is 5. The Hall–Kier alpha value is -0.780. The van der Waals surface area contributed by atoms with Crippen molar-refractivity contribution in [3.63, 3.8) is 0 Å². The predicted molar refractivity (Wildman–Crippen MR) is 86.8 cm³/mol. The molecular formula is C16H24BrNO3. The van der Waals surface area contributed by atoms with Gasteiger partial charge in [0, 0.05) is 4.47 Å². The van der Waals surface area contributed by atoms with Gasteiger partial charge in [-0.15, -0.1) is 0 Å². The highest BCUT2D eigenvalue weighted by Gasteiger charge is 2.29. The summed E-state index contributed by atoms with van der Waals surface area (Å²) in [7, 11) is 3.19. The Morgan fingerprint density at radius 2 is 1.71 bits per heavy atom. The Balaban J connectivity index is 2.23. The summed E-state index contributed by atoms with van der Waals surface area (Å²) in [4.78, 5) is 0. The van der Waals surface area contributed by atoms with E-state index in [-0.39, 0.29) is 5.92 Å². The zero-order valence-electron chi connectivity index (χ0n) is 12.6. The minimum Gasteiger partial charge on any atom is -0.493 e. The van der Waals surface area contributed by atoms with Crippen LogP contribution in [-0.2, 0) is 0 Å². The Labute approximate surface area is 134 Å². The summed E-state index contributed by atoms with van der Waals surface area (Å²) in [6.45, 7) is 0. The highest BCUT2D eigenvalue weighted by Crippen LogP contribution is 2.38. The first-order valence-corrected chi connectivity index (χ1v) is 8.22. The predicted octanol–water partition coefficient (Wildman–Crippen LogP) is 3.41. The molecule has 0 heterocycles. The molecular weight excluding hydrogens is 334 g/mol. The lowest BCUT2D eigenvalue weighted by Crippen LogP contribution is -2.34. The maximum atomic E-state index is 10.6. The molecule has 21 heavy (non-hydrogen) atoms. The molecule has 5 heteroatoms. The van der Waals surface area contributed by atoms with Gasteiger partial charge < -0.3 is 20.3 Å². The summed E-state index contributed by atoms with van der Waals surface area (Å²) >= 11 is 3.52. The molecule has 0 spiro atoms. The Bertz CT molecular complexity index is 475. The van der Waals surface area contributed by atoms with Crippen LogP contribution in [0.25, 0.3) is 0 Å². The minimum atomic E-state index is -0.528. The van der Waals surface area contributed by atoms with E-state index in [4.69, 9.17) is 15.2 Å². The first kappa shape index (κ1) is 16.6. The van der Waals surface area contributed by atoms with E-state index in [9.17, 15) is 5.11 Å². The molecule has 1 aliphatic rings. The number of benzene rings is 1. The molecule has 1 aromatic carbocycles. The number of ether oxygens (including phenoxy) is 2. The van der Waals surface area contributed by atoms with Crippen LogP contribution < -0.4 is 15.2 Å². The van der Waals surface area contributed by atoms with Crippen molar-refractivity contribution in [3.8, 4) is 11.5 Å². The van der Waals surface area contributed by atoms with Crippen LogP contribution in [0.3, 0.4) is 0 Å². The van der Waals surface area contributed by atoms with Gasteiger partial charge >= 0.3 is 0 Å². The number of aliphatic hydroxyl groups excluding tert-OH is 1. The number of hydrogen-bond acceptors (Lipinski definition) is 4. The van der Waals surface area contributed by atoms with Crippen molar-refractivity contribution in [3.05, 3.63) is 22.2 Å². The van der Waals surface area contributed by atoms with Crippen molar-refractivity contribution >= 4 is 15.9 Å². The lowest BCUT2D eigenvalue weighted by molar-refractivity contribution is 0.0615. The van der Waals surface area contributed by atoms with Gasteiger partial charge in [-0.05, 0) is 36.5 Å². The summed E-state index contributed by atoms with van der Waals surface area (Å²) in [6, 6.07) is 3.25. The second kappa shape index (κ2) is 7.47. The number of methoxy groups -OCH3 is 2. The second-order valence-electron chi connectivity index (χ2n) is 5.64. The van der Waals surface area contributed by atoms with Crippen LogP contribution in [0.4, 0.5) is 0 Å². The smallest absolute Gasteiger partial charge is 0.161 e. The van der Waals surface area contributed by atoms with E-state index >= 15 is 0 Å². The molecule has 0 bridgehead atoms. The fourth-order valence-electron chi connectivity index (χ4n) is 3.08. The molecule has 2 atom stereocenters. The van der Waals surface area contributed by atoms with Crippen molar-refractivity contribution in [2.75, 3.05) is 14.2 Å². The molecule has 0 amide bonds. The average molecular weight is 358 g/mol. The summed E-state index contributed by atoms with van der Waals surface area (Å²) < 4.78 is 11.4. The van der Waals surface area contributed by atoms with Crippen LogP contribution in [0.15, 0.2) is 16.6 Å². The highest BCUT2D eigenvalue weighted by molar-refractivity contribution is 9.10. The van der Waals surface area contributed by atoms with E-state index in [1.165, 1.54) is 19.3 Å². The van der Waals surface area contributed by atoms with Crippen LogP contribution in [0.2, 0.25) is 0 Å². The number of hydrogen-bond donors (Lipinski definition) is 2. The molecule has 2 rings (SSSR count). The molecule has 118 valence electrons. The van der Waals surface area contributed by atoms with Gasteiger partial charge in [0.05, 0.1) is 26.4 Å². The Morgan fingerprint density at radius 1 is 1.14 bits per heavy atom. The maximum Gasteiger partial charge on any atom is 0.161 e. The van der Waals surface area contributed by atoms with Gasteiger partial charge in [0.25, 0.3) is 0 Å². The monoisotopic (exact) mass is 357 g/mol. The van der Waals surface area contributed by atoms with E-state index in [2.05, 4.69) is 15.9 Å². The van der Waals surface area contributed by atoms with Crippen LogP contribution >= 0.6 is 15.9 Å². The van der Waals surface area contributed by atoms with E-state index in [1.807, 2.05) is 12.1 Å². The van der Waals surface area contributed by atoms with Crippen molar-refractivity contribution < 1.29 is 14.6 Å². The van der Waals surface area contributed by atoms with Crippen LogP contribution in [0, 0.1) is 5.92 Å². The van der Waals surface area contributed by atoms with Crippen molar-refractivity contribution in [2.24, 2.45) is 11.7 Å². The molecule has 0 radical (unpaired) electrons. The molecule has 0 aliphatic heterocycles. The first-order chi connectivity index (χ1) is 10.1. The number of nitrogens with two attached hydrogens (primary N) is 1. The summed E-state index contributed by atoms with van der Waals surface area (Å²) in [5.41, 5.74) is 7.16. The van der Waals surface area contributed by atoms with E-state index in [0.29, 0.717) is 11.5 Å². The zero-order chi connectivity index (χ0) is 15.4. The average Bonchev–Trinajstić information content (AvgIpc) is 2.54. The van der Waals surface area contributed by atoms with Gasteiger partial charge in [0.2, 0.25) is 0 Å². The standard InChI is InChI=1S/C16H24BrNO3/c1-20-13-8-11(12(17)9-14(13)21-2)15(18)16(19)10-6-4-3-5-7-10/h8-10,15-16,19H,3-7,18H2,1-2H3/t15-,16+/m1/s1. The minimum absolute atomic E-state index is 0.286. The Kier molecular flexibility index (Phi) is 5.90. The third-order valence-corrected chi connectivity index (χ3v) is 5.05. The third-order valence-electron chi connectivity index (χ3n) is 4.36. The number of aliphatic hydroxyl groups is 1. The van der Waals surface area contributed by atoms with Gasteiger partial charge in [0.15, 0.2) is 11.5 Å². The normalized spacial score (nSPS) is 19.1. The molecule has 4 nitrogen and oxygen atoms in total. The lowest BCUT2D eigenvalue weighted by atomic mass is 9.81. The molecule has 1 aliphatic carbocycles. The van der Waals surface area contributed by atoms with Crippen LogP contribution in [-0.4, -0.2) is 25.4 Å². The Morgan fingerprint density at radius 3 is 2.29 bits per heavy atom. The largest absolute Gasteiger partial charge is 0.493 e. The quantitative estimate of drug-likeness (QED) is 0.847. The topological polar surface area (TPSA) is 64.7 Å². The van der Waals surface area contributed by atoms with E-state index in [1.54, 1.807) is 14.2 Å². The summed E-state index contributed by atoms with van der Waals surface area (Å²) in [6.07, 6.45) is 5.21. The van der Waals surface area contributed by atoms with Gasteiger partial charge in [-0.1, -0.05) is 35.2 Å². The van der Waals surface area contributed by atoms with Crippen molar-refractivity contribution in [2.45, 2.75) is 44.2 Å². The summed E-state index contributed by atoms with van der Waals surface area (Å²) in [5.74, 6) is 1.56. The van der Waals surface area contributed by atoms with Gasteiger partial charge in [-0.3, -0.25) is 0 Å². The maximum absolute atomic E-state index is 10.6. The fraction of sp³-hybridized carbons (Fsp3) is 0.625. The molecule has 0 unspecified atom stereocenters. The van der Waals surface area contributed by atoms with Crippen molar-refractivity contribution in [1.82, 2.24) is 0 Å². The van der Waals surface area contributed by atoms with Crippen LogP contribution in [0.5, 0.6) is 11.5 Å². The molecule has 1 saturated carbocycles. The third kappa shape index (κ3) is 3.71. The molecule has 1 fully saturated rings. The molecule has 1 aromatic rings. The first-order valence-electron chi connectivity index (χ1n) is 7.43. The second-order valence-corrected chi connectivity index (χ2v) is 6.50. The SMILES string of the molecule is COc1cc(Br)c([C@@H](N)[C@@H](O)C2CCCCC2)cc1OC. The van der Waals surface area contributed by atoms with Crippen molar-refractivity contribution in [1.29, 1.82) is 0 Å². The summed E-state index contributed by atoms with van der Waals surface area (Å²) in [5, 5.41) is 10.6. The molecule has 3 N–H and O–H groups in total. The van der Waals surface area contributed by atoms with E-state index in [0.717, 1.165) is 22.9 Å². The van der Waals surface area contributed by atoms with Gasteiger partial charge in [-0.25, -0.2) is 0 Å². The van der Waals surface area contributed by atoms with E-state index < -0.39 is 12.1 Å². The lowest BCUT2D eigenvalue weighted by Gasteiger charge is -2.31. The molecule has 0 saturated heterocycles. The highest BCUT2D eigenvalue weighted by atomic mass is 79.9. The van der Waals surface area contributed by atoms with Gasteiger partial charge in [0.1, 0.15) is 0 Å². The molecule has 0 aromatic heterocycles. The number of halogens is 1. The zero-order valence-corrected chi connectivity index (χ0v) is 14.2. The fourth-order valence-corrected chi connectivity index (χ4v) is 3.66. The van der Waals surface area contributed by atoms with Crippen LogP contribution in [0.1, 0.15) is 43.7 Å². The van der Waals surface area contributed by atoms with Gasteiger partial charge in [-0.2, -0.15) is 0 Å².